The first-order valence-electron chi connectivity index (χ1n) is 6.74. The smallest absolute Gasteiger partial charge is 0.119 e. The molecule has 1 aromatic rings. The number of nitrogens with one attached hydrogen (secondary N) is 1. The molecule has 0 aliphatic carbocycles. The Morgan fingerprint density at radius 2 is 2.12 bits per heavy atom. The van der Waals surface area contributed by atoms with E-state index in [1.807, 2.05) is 0 Å². The van der Waals surface area contributed by atoms with E-state index < -0.39 is 0 Å². The van der Waals surface area contributed by atoms with Gasteiger partial charge in [-0.1, -0.05) is 26.0 Å². The van der Waals surface area contributed by atoms with Gasteiger partial charge in [-0.2, -0.15) is 0 Å². The lowest BCUT2D eigenvalue weighted by Crippen LogP contribution is -2.14. The molecule has 1 aliphatic rings. The van der Waals surface area contributed by atoms with Crippen LogP contribution in [0.15, 0.2) is 24.3 Å². The molecular formula is C15H23NO. The predicted octanol–water partition coefficient (Wildman–Crippen LogP) is 3.19. The summed E-state index contributed by atoms with van der Waals surface area (Å²) in [6.07, 6.45) is 2.36. The van der Waals surface area contributed by atoms with Crippen LogP contribution in [0.25, 0.3) is 0 Å². The van der Waals surface area contributed by atoms with E-state index in [2.05, 4.69) is 43.4 Å². The van der Waals surface area contributed by atoms with Crippen LogP contribution in [-0.4, -0.2) is 19.7 Å². The molecule has 2 rings (SSSR count). The molecule has 0 aromatic heterocycles. The van der Waals surface area contributed by atoms with Crippen LogP contribution in [0.4, 0.5) is 0 Å². The van der Waals surface area contributed by atoms with E-state index in [1.54, 1.807) is 0 Å². The van der Waals surface area contributed by atoms with Crippen molar-refractivity contribution >= 4 is 0 Å². The molecule has 1 N–H and O–H groups in total. The van der Waals surface area contributed by atoms with E-state index in [4.69, 9.17) is 4.74 Å². The Morgan fingerprint density at radius 1 is 1.35 bits per heavy atom. The number of rotatable bonds is 5. The SMILES string of the molecule is CCCOc1ccc(C(C)C2CCNC2)cc1. The van der Waals surface area contributed by atoms with Gasteiger partial charge in [-0.05, 0) is 55.5 Å². The highest BCUT2D eigenvalue weighted by atomic mass is 16.5. The van der Waals surface area contributed by atoms with E-state index in [0.717, 1.165) is 31.2 Å². The van der Waals surface area contributed by atoms with Crippen molar-refractivity contribution in [1.82, 2.24) is 5.32 Å². The van der Waals surface area contributed by atoms with Gasteiger partial charge < -0.3 is 10.1 Å². The Balaban J connectivity index is 1.96. The largest absolute Gasteiger partial charge is 0.494 e. The monoisotopic (exact) mass is 233 g/mol. The Bertz CT molecular complexity index is 327. The molecule has 1 heterocycles. The van der Waals surface area contributed by atoms with Crippen molar-refractivity contribution in [2.75, 3.05) is 19.7 Å². The van der Waals surface area contributed by atoms with E-state index in [9.17, 15) is 0 Å². The van der Waals surface area contributed by atoms with Crippen LogP contribution in [0.2, 0.25) is 0 Å². The zero-order valence-electron chi connectivity index (χ0n) is 10.9. The van der Waals surface area contributed by atoms with Gasteiger partial charge in [0.1, 0.15) is 5.75 Å². The molecule has 17 heavy (non-hydrogen) atoms. The minimum Gasteiger partial charge on any atom is -0.494 e. The third-order valence-electron chi connectivity index (χ3n) is 3.68. The fraction of sp³-hybridized carbons (Fsp3) is 0.600. The van der Waals surface area contributed by atoms with Gasteiger partial charge in [0.2, 0.25) is 0 Å². The minimum atomic E-state index is 0.644. The summed E-state index contributed by atoms with van der Waals surface area (Å²) in [4.78, 5) is 0. The summed E-state index contributed by atoms with van der Waals surface area (Å²) in [5.41, 5.74) is 1.43. The van der Waals surface area contributed by atoms with Gasteiger partial charge in [0.15, 0.2) is 0 Å². The summed E-state index contributed by atoms with van der Waals surface area (Å²) in [7, 11) is 0. The topological polar surface area (TPSA) is 21.3 Å². The summed E-state index contributed by atoms with van der Waals surface area (Å²) in [6, 6.07) is 8.63. The molecule has 2 heteroatoms. The van der Waals surface area contributed by atoms with E-state index >= 15 is 0 Å². The molecule has 1 aromatic carbocycles. The molecule has 0 amide bonds. The Kier molecular flexibility index (Phi) is 4.43. The van der Waals surface area contributed by atoms with Gasteiger partial charge in [-0.3, -0.25) is 0 Å². The van der Waals surface area contributed by atoms with Crippen LogP contribution in [0, 0.1) is 5.92 Å². The molecular weight excluding hydrogens is 210 g/mol. The van der Waals surface area contributed by atoms with Crippen molar-refractivity contribution in [3.05, 3.63) is 29.8 Å². The molecule has 1 aliphatic heterocycles. The number of hydrogen-bond donors (Lipinski definition) is 1. The first-order chi connectivity index (χ1) is 8.31. The van der Waals surface area contributed by atoms with E-state index in [0.29, 0.717) is 5.92 Å². The lowest BCUT2D eigenvalue weighted by molar-refractivity contribution is 0.317. The van der Waals surface area contributed by atoms with Crippen molar-refractivity contribution in [2.24, 2.45) is 5.92 Å². The molecule has 2 unspecified atom stereocenters. The zero-order chi connectivity index (χ0) is 12.1. The van der Waals surface area contributed by atoms with E-state index in [-0.39, 0.29) is 0 Å². The van der Waals surface area contributed by atoms with Crippen molar-refractivity contribution < 1.29 is 4.74 Å². The van der Waals surface area contributed by atoms with Gasteiger partial charge in [-0.25, -0.2) is 0 Å². The lowest BCUT2D eigenvalue weighted by Gasteiger charge is -2.18. The Morgan fingerprint density at radius 3 is 2.71 bits per heavy atom. The molecule has 1 fully saturated rings. The number of hydrogen-bond acceptors (Lipinski definition) is 2. The average molecular weight is 233 g/mol. The lowest BCUT2D eigenvalue weighted by atomic mass is 9.87. The second-order valence-corrected chi connectivity index (χ2v) is 4.96. The van der Waals surface area contributed by atoms with Gasteiger partial charge >= 0.3 is 0 Å². The fourth-order valence-electron chi connectivity index (χ4n) is 2.46. The molecule has 0 spiro atoms. The second-order valence-electron chi connectivity index (χ2n) is 4.96. The van der Waals surface area contributed by atoms with E-state index in [1.165, 1.54) is 18.5 Å². The maximum atomic E-state index is 5.60. The third-order valence-corrected chi connectivity index (χ3v) is 3.68. The highest BCUT2D eigenvalue weighted by Gasteiger charge is 2.22. The molecule has 0 bridgehead atoms. The molecule has 0 saturated carbocycles. The molecule has 0 radical (unpaired) electrons. The Hall–Kier alpha value is -1.02. The highest BCUT2D eigenvalue weighted by Crippen LogP contribution is 2.29. The molecule has 2 atom stereocenters. The summed E-state index contributed by atoms with van der Waals surface area (Å²) >= 11 is 0. The van der Waals surface area contributed by atoms with Crippen molar-refractivity contribution in [3.63, 3.8) is 0 Å². The molecule has 94 valence electrons. The van der Waals surface area contributed by atoms with Crippen LogP contribution < -0.4 is 10.1 Å². The maximum absolute atomic E-state index is 5.60. The van der Waals surface area contributed by atoms with Gasteiger partial charge in [0, 0.05) is 0 Å². The van der Waals surface area contributed by atoms with Gasteiger partial charge in [-0.15, -0.1) is 0 Å². The summed E-state index contributed by atoms with van der Waals surface area (Å²) in [5.74, 6) is 2.43. The first-order valence-corrected chi connectivity index (χ1v) is 6.74. The van der Waals surface area contributed by atoms with Crippen molar-refractivity contribution in [2.45, 2.75) is 32.6 Å². The maximum Gasteiger partial charge on any atom is 0.119 e. The van der Waals surface area contributed by atoms with Gasteiger partial charge in [0.25, 0.3) is 0 Å². The van der Waals surface area contributed by atoms with Crippen LogP contribution in [-0.2, 0) is 0 Å². The summed E-state index contributed by atoms with van der Waals surface area (Å²) in [5, 5.41) is 3.44. The normalized spacial score (nSPS) is 21.4. The summed E-state index contributed by atoms with van der Waals surface area (Å²) < 4.78 is 5.60. The van der Waals surface area contributed by atoms with Crippen molar-refractivity contribution in [1.29, 1.82) is 0 Å². The average Bonchev–Trinajstić information content (AvgIpc) is 2.90. The Labute approximate surface area is 104 Å². The number of ether oxygens (including phenoxy) is 1. The standard InChI is InChI=1S/C15H23NO/c1-3-10-17-15-6-4-13(5-7-15)12(2)14-8-9-16-11-14/h4-7,12,14,16H,3,8-11H2,1-2H3. The quantitative estimate of drug-likeness (QED) is 0.843. The summed E-state index contributed by atoms with van der Waals surface area (Å²) in [6.45, 7) is 7.60. The first kappa shape index (κ1) is 12.4. The van der Waals surface area contributed by atoms with Crippen LogP contribution in [0.1, 0.15) is 38.2 Å². The second kappa shape index (κ2) is 6.06. The van der Waals surface area contributed by atoms with Crippen LogP contribution in [0.3, 0.4) is 0 Å². The highest BCUT2D eigenvalue weighted by molar-refractivity contribution is 5.29. The number of benzene rings is 1. The zero-order valence-corrected chi connectivity index (χ0v) is 10.9. The molecule has 2 nitrogen and oxygen atoms in total. The van der Waals surface area contributed by atoms with Gasteiger partial charge in [0.05, 0.1) is 6.61 Å². The third kappa shape index (κ3) is 3.22. The van der Waals surface area contributed by atoms with Crippen molar-refractivity contribution in [3.8, 4) is 5.75 Å². The molecule has 1 saturated heterocycles. The minimum absolute atomic E-state index is 0.644. The van der Waals surface area contributed by atoms with Crippen LogP contribution >= 0.6 is 0 Å². The van der Waals surface area contributed by atoms with Crippen LogP contribution in [0.5, 0.6) is 5.75 Å². The predicted molar refractivity (Wildman–Crippen MR) is 71.6 cm³/mol. The fourth-order valence-corrected chi connectivity index (χ4v) is 2.46.